The first kappa shape index (κ1) is 17.2. The summed E-state index contributed by atoms with van der Waals surface area (Å²) in [6, 6.07) is 3.06. The smallest absolute Gasteiger partial charge is 0.251 e. The Morgan fingerprint density at radius 2 is 2.08 bits per heavy atom. The number of carbonyl (C=O) groups excluding carboxylic acids is 1. The Bertz CT molecular complexity index is 647. The van der Waals surface area contributed by atoms with Gasteiger partial charge in [-0.25, -0.2) is 0 Å². The lowest BCUT2D eigenvalue weighted by Crippen LogP contribution is -2.37. The van der Waals surface area contributed by atoms with Crippen molar-refractivity contribution in [3.8, 4) is 0 Å². The molecule has 1 aromatic rings. The number of pyridine rings is 1. The summed E-state index contributed by atoms with van der Waals surface area (Å²) in [7, 11) is 0. The SMILES string of the molecule is CC(C)c1cc(C(=O)NC[C@H]2COC3(CCCCC3)O2)cc(=O)[nH]1. The molecule has 0 aromatic carbocycles. The van der Waals surface area contributed by atoms with Crippen molar-refractivity contribution in [3.05, 3.63) is 33.7 Å². The average Bonchev–Trinajstić information content (AvgIpc) is 2.95. The Morgan fingerprint density at radius 3 is 2.79 bits per heavy atom. The lowest BCUT2D eigenvalue weighted by atomic mass is 9.94. The fourth-order valence-corrected chi connectivity index (χ4v) is 3.39. The number of aromatic amines is 1. The van der Waals surface area contributed by atoms with E-state index in [-0.39, 0.29) is 23.5 Å². The fourth-order valence-electron chi connectivity index (χ4n) is 3.39. The summed E-state index contributed by atoms with van der Waals surface area (Å²) in [4.78, 5) is 26.8. The maximum atomic E-state index is 12.3. The lowest BCUT2D eigenvalue weighted by molar-refractivity contribution is -0.186. The molecule has 1 saturated carbocycles. The molecule has 0 unspecified atom stereocenters. The zero-order valence-corrected chi connectivity index (χ0v) is 14.4. The molecule has 1 amide bonds. The minimum atomic E-state index is -0.428. The monoisotopic (exact) mass is 334 g/mol. The number of amides is 1. The first-order valence-electron chi connectivity index (χ1n) is 8.82. The van der Waals surface area contributed by atoms with Crippen LogP contribution in [-0.4, -0.2) is 35.9 Å². The van der Waals surface area contributed by atoms with Gasteiger partial charge in [0, 0.05) is 36.7 Å². The molecule has 2 fully saturated rings. The average molecular weight is 334 g/mol. The van der Waals surface area contributed by atoms with E-state index in [1.165, 1.54) is 12.5 Å². The van der Waals surface area contributed by atoms with Crippen LogP contribution in [0.5, 0.6) is 0 Å². The van der Waals surface area contributed by atoms with Crippen LogP contribution in [-0.2, 0) is 9.47 Å². The van der Waals surface area contributed by atoms with Gasteiger partial charge in [-0.2, -0.15) is 0 Å². The quantitative estimate of drug-likeness (QED) is 0.885. The van der Waals surface area contributed by atoms with E-state index in [9.17, 15) is 9.59 Å². The van der Waals surface area contributed by atoms with Crippen molar-refractivity contribution in [1.82, 2.24) is 10.3 Å². The molecule has 24 heavy (non-hydrogen) atoms. The van der Waals surface area contributed by atoms with Crippen molar-refractivity contribution in [2.75, 3.05) is 13.2 Å². The highest BCUT2D eigenvalue weighted by Gasteiger charge is 2.42. The predicted molar refractivity (Wildman–Crippen MR) is 90.1 cm³/mol. The van der Waals surface area contributed by atoms with Crippen LogP contribution in [0.4, 0.5) is 0 Å². The third kappa shape index (κ3) is 3.87. The van der Waals surface area contributed by atoms with Gasteiger partial charge in [0.15, 0.2) is 5.79 Å². The lowest BCUT2D eigenvalue weighted by Gasteiger charge is -2.31. The zero-order chi connectivity index (χ0) is 17.2. The summed E-state index contributed by atoms with van der Waals surface area (Å²) in [5, 5.41) is 2.86. The van der Waals surface area contributed by atoms with E-state index in [0.717, 1.165) is 31.4 Å². The molecule has 1 aliphatic heterocycles. The molecule has 1 atom stereocenters. The molecule has 1 aliphatic carbocycles. The molecule has 6 heteroatoms. The fraction of sp³-hybridized carbons (Fsp3) is 0.667. The summed E-state index contributed by atoms with van der Waals surface area (Å²) in [6.45, 7) is 4.85. The molecule has 1 spiro atoms. The highest BCUT2D eigenvalue weighted by Crippen LogP contribution is 2.37. The molecule has 0 bridgehead atoms. The van der Waals surface area contributed by atoms with Crippen LogP contribution in [0.1, 0.15) is 67.9 Å². The largest absolute Gasteiger partial charge is 0.349 e. The van der Waals surface area contributed by atoms with Crippen molar-refractivity contribution in [2.45, 2.75) is 63.8 Å². The van der Waals surface area contributed by atoms with Crippen molar-refractivity contribution in [3.63, 3.8) is 0 Å². The van der Waals surface area contributed by atoms with E-state index in [0.29, 0.717) is 18.7 Å². The number of carbonyl (C=O) groups is 1. The molecule has 0 radical (unpaired) electrons. The van der Waals surface area contributed by atoms with Crippen LogP contribution >= 0.6 is 0 Å². The Morgan fingerprint density at radius 1 is 1.33 bits per heavy atom. The summed E-state index contributed by atoms with van der Waals surface area (Å²) in [6.07, 6.45) is 5.23. The third-order valence-electron chi connectivity index (χ3n) is 4.77. The van der Waals surface area contributed by atoms with Gasteiger partial charge in [0.2, 0.25) is 5.56 Å². The Balaban J connectivity index is 1.57. The topological polar surface area (TPSA) is 80.4 Å². The van der Waals surface area contributed by atoms with Crippen LogP contribution in [0.15, 0.2) is 16.9 Å². The Kier molecular flexibility index (Phi) is 5.06. The number of H-pyrrole nitrogens is 1. The predicted octanol–water partition coefficient (Wildman–Crippen LogP) is 2.30. The van der Waals surface area contributed by atoms with Crippen LogP contribution in [0.25, 0.3) is 0 Å². The van der Waals surface area contributed by atoms with Gasteiger partial charge in [-0.05, 0) is 24.8 Å². The minimum Gasteiger partial charge on any atom is -0.349 e. The van der Waals surface area contributed by atoms with Gasteiger partial charge in [-0.1, -0.05) is 20.3 Å². The van der Waals surface area contributed by atoms with E-state index < -0.39 is 5.79 Å². The number of hydrogen-bond donors (Lipinski definition) is 2. The summed E-state index contributed by atoms with van der Waals surface area (Å²) in [5.74, 6) is -0.526. The van der Waals surface area contributed by atoms with Crippen molar-refractivity contribution < 1.29 is 14.3 Å². The molecule has 3 rings (SSSR count). The highest BCUT2D eigenvalue weighted by molar-refractivity contribution is 5.94. The highest BCUT2D eigenvalue weighted by atomic mass is 16.7. The van der Waals surface area contributed by atoms with Gasteiger partial charge in [0.25, 0.3) is 5.91 Å². The summed E-state index contributed by atoms with van der Waals surface area (Å²) >= 11 is 0. The van der Waals surface area contributed by atoms with Gasteiger partial charge in [-0.15, -0.1) is 0 Å². The molecule has 2 heterocycles. The van der Waals surface area contributed by atoms with Gasteiger partial charge in [0.1, 0.15) is 6.10 Å². The van der Waals surface area contributed by atoms with Crippen LogP contribution < -0.4 is 10.9 Å². The summed E-state index contributed by atoms with van der Waals surface area (Å²) < 4.78 is 11.9. The van der Waals surface area contributed by atoms with Crippen molar-refractivity contribution >= 4 is 5.91 Å². The van der Waals surface area contributed by atoms with E-state index >= 15 is 0 Å². The van der Waals surface area contributed by atoms with E-state index in [1.807, 2.05) is 13.8 Å². The molecule has 2 aliphatic rings. The van der Waals surface area contributed by atoms with E-state index in [2.05, 4.69) is 10.3 Å². The van der Waals surface area contributed by atoms with Crippen LogP contribution in [0.3, 0.4) is 0 Å². The molecule has 1 saturated heterocycles. The maximum absolute atomic E-state index is 12.3. The molecule has 1 aromatic heterocycles. The second-order valence-corrected chi connectivity index (χ2v) is 7.08. The molecular formula is C18H26N2O4. The minimum absolute atomic E-state index is 0.126. The number of aromatic nitrogens is 1. The van der Waals surface area contributed by atoms with Crippen molar-refractivity contribution in [1.29, 1.82) is 0 Å². The second kappa shape index (κ2) is 7.07. The van der Waals surface area contributed by atoms with Crippen LogP contribution in [0.2, 0.25) is 0 Å². The van der Waals surface area contributed by atoms with E-state index in [1.54, 1.807) is 6.07 Å². The standard InChI is InChI=1S/C18H26N2O4/c1-12(2)15-8-13(9-16(21)20-15)17(22)19-10-14-11-23-18(24-14)6-4-3-5-7-18/h8-9,12,14H,3-7,10-11H2,1-2H3,(H,19,22)(H,20,21)/t14-/m0/s1. The molecule has 132 valence electrons. The van der Waals surface area contributed by atoms with Gasteiger partial charge < -0.3 is 19.8 Å². The maximum Gasteiger partial charge on any atom is 0.251 e. The number of ether oxygens (including phenoxy) is 2. The normalized spacial score (nSPS) is 22.9. The first-order chi connectivity index (χ1) is 11.5. The van der Waals surface area contributed by atoms with E-state index in [4.69, 9.17) is 9.47 Å². The van der Waals surface area contributed by atoms with Gasteiger partial charge >= 0.3 is 0 Å². The van der Waals surface area contributed by atoms with Gasteiger partial charge in [-0.3, -0.25) is 9.59 Å². The number of nitrogens with one attached hydrogen (secondary N) is 2. The molecule has 2 N–H and O–H groups in total. The van der Waals surface area contributed by atoms with Gasteiger partial charge in [0.05, 0.1) is 6.61 Å². The summed E-state index contributed by atoms with van der Waals surface area (Å²) in [5.41, 5.74) is 0.885. The Hall–Kier alpha value is -1.66. The molecule has 6 nitrogen and oxygen atoms in total. The van der Waals surface area contributed by atoms with Crippen LogP contribution in [0, 0.1) is 0 Å². The van der Waals surface area contributed by atoms with Crippen molar-refractivity contribution in [2.24, 2.45) is 0 Å². The molecular weight excluding hydrogens is 308 g/mol. The number of hydrogen-bond acceptors (Lipinski definition) is 4. The number of rotatable bonds is 4. The Labute approximate surface area is 141 Å². The zero-order valence-electron chi connectivity index (χ0n) is 14.4. The third-order valence-corrected chi connectivity index (χ3v) is 4.77. The first-order valence-corrected chi connectivity index (χ1v) is 8.82. The second-order valence-electron chi connectivity index (χ2n) is 7.08.